The third-order valence-electron chi connectivity index (χ3n) is 8.06. The molecule has 0 aromatic carbocycles. The summed E-state index contributed by atoms with van der Waals surface area (Å²) in [5.41, 5.74) is 3.28. The van der Waals surface area contributed by atoms with Gasteiger partial charge in [0.25, 0.3) is 0 Å². The zero-order chi connectivity index (χ0) is 26.2. The lowest BCUT2D eigenvalue weighted by atomic mass is 10.0. The van der Waals surface area contributed by atoms with Crippen LogP contribution in [-0.4, -0.2) is 72.3 Å². The third kappa shape index (κ3) is 5.18. The summed E-state index contributed by atoms with van der Waals surface area (Å²) in [6.07, 6.45) is 11.8. The van der Waals surface area contributed by atoms with Crippen LogP contribution in [0.25, 0.3) is 5.52 Å². The molecule has 1 aliphatic carbocycles. The van der Waals surface area contributed by atoms with E-state index in [2.05, 4.69) is 53.8 Å². The Bertz CT molecular complexity index is 1450. The molecule has 4 aromatic rings. The number of carbonyl (C=O) groups is 1. The number of pyridine rings is 1. The Kier molecular flexibility index (Phi) is 6.35. The Morgan fingerprint density at radius 3 is 2.82 bits per heavy atom. The molecule has 1 unspecified atom stereocenters. The molecule has 3 aliphatic rings. The molecule has 7 rings (SSSR count). The predicted octanol–water partition coefficient (Wildman–Crippen LogP) is 3.22. The number of piperidine rings is 1. The smallest absolute Gasteiger partial charge is 0.246 e. The highest BCUT2D eigenvalue weighted by atomic mass is 16.2. The van der Waals surface area contributed by atoms with Crippen molar-refractivity contribution in [1.82, 2.24) is 40.0 Å². The molecule has 0 radical (unpaired) electrons. The summed E-state index contributed by atoms with van der Waals surface area (Å²) in [6.45, 7) is 3.52. The number of aromatic amines is 1. The molecule has 0 bridgehead atoms. The van der Waals surface area contributed by atoms with E-state index in [1.165, 1.54) is 18.4 Å². The molecule has 3 fully saturated rings. The minimum absolute atomic E-state index is 0.0651. The molecule has 1 amide bonds. The lowest BCUT2D eigenvalue weighted by Crippen LogP contribution is -2.52. The van der Waals surface area contributed by atoms with Gasteiger partial charge in [0.2, 0.25) is 11.9 Å². The second-order valence-corrected chi connectivity index (χ2v) is 11.0. The van der Waals surface area contributed by atoms with Crippen LogP contribution in [0.1, 0.15) is 55.7 Å². The maximum atomic E-state index is 13.6. The van der Waals surface area contributed by atoms with E-state index in [1.54, 1.807) is 0 Å². The van der Waals surface area contributed by atoms with Crippen molar-refractivity contribution in [3.63, 3.8) is 0 Å². The lowest BCUT2D eigenvalue weighted by molar-refractivity contribution is -0.123. The average Bonchev–Trinajstić information content (AvgIpc) is 3.31. The summed E-state index contributed by atoms with van der Waals surface area (Å²) in [6, 6.07) is 9.97. The lowest BCUT2D eigenvalue weighted by Gasteiger charge is -2.34. The Hall–Kier alpha value is -3.99. The number of anilines is 3. The highest BCUT2D eigenvalue weighted by Crippen LogP contribution is 2.39. The molecule has 2 atom stereocenters. The fraction of sp³-hybridized carbons (Fsp3) is 0.464. The third-order valence-corrected chi connectivity index (χ3v) is 8.06. The number of fused-ring (bicyclic) bond motifs is 1. The highest BCUT2D eigenvalue weighted by molar-refractivity contribution is 5.86. The zero-order valence-electron chi connectivity index (χ0n) is 22.0. The first kappa shape index (κ1) is 24.1. The molecule has 11 heteroatoms. The van der Waals surface area contributed by atoms with E-state index >= 15 is 0 Å². The van der Waals surface area contributed by atoms with Crippen molar-refractivity contribution in [3.8, 4) is 0 Å². The van der Waals surface area contributed by atoms with E-state index in [9.17, 15) is 4.79 Å². The van der Waals surface area contributed by atoms with Crippen molar-refractivity contribution in [2.75, 3.05) is 29.9 Å². The molecular formula is C28H34N10O. The van der Waals surface area contributed by atoms with Gasteiger partial charge in [-0.05, 0) is 74.9 Å². The van der Waals surface area contributed by atoms with Crippen molar-refractivity contribution in [1.29, 1.82) is 0 Å². The normalized spacial score (nSPS) is 21.9. The fourth-order valence-corrected chi connectivity index (χ4v) is 5.90. The number of aromatic nitrogens is 6. The topological polar surface area (TPSA) is 119 Å². The molecular weight excluding hydrogens is 492 g/mol. The van der Waals surface area contributed by atoms with Crippen molar-refractivity contribution in [3.05, 3.63) is 60.2 Å². The molecule has 202 valence electrons. The first-order chi connectivity index (χ1) is 19.2. The Morgan fingerprint density at radius 1 is 1.08 bits per heavy atom. The quantitative estimate of drug-likeness (QED) is 0.320. The Labute approximate surface area is 227 Å². The summed E-state index contributed by atoms with van der Waals surface area (Å²) in [7, 11) is 0. The molecule has 0 spiro atoms. The van der Waals surface area contributed by atoms with E-state index in [0.717, 1.165) is 68.9 Å². The molecule has 39 heavy (non-hydrogen) atoms. The van der Waals surface area contributed by atoms with Crippen molar-refractivity contribution < 1.29 is 4.79 Å². The van der Waals surface area contributed by atoms with Gasteiger partial charge in [-0.1, -0.05) is 0 Å². The molecule has 2 aliphatic heterocycles. The number of carbonyl (C=O) groups excluding carboxylic acids is 1. The second kappa shape index (κ2) is 10.3. The number of rotatable bonds is 8. The van der Waals surface area contributed by atoms with E-state index in [1.807, 2.05) is 35.2 Å². The van der Waals surface area contributed by atoms with Crippen molar-refractivity contribution in [2.24, 2.45) is 0 Å². The van der Waals surface area contributed by atoms with Gasteiger partial charge >= 0.3 is 0 Å². The first-order valence-electron chi connectivity index (χ1n) is 14.1. The van der Waals surface area contributed by atoms with Gasteiger partial charge in [0.1, 0.15) is 11.6 Å². The number of nitrogens with zero attached hydrogens (tertiary/aromatic N) is 7. The van der Waals surface area contributed by atoms with Gasteiger partial charge in [0, 0.05) is 61.9 Å². The minimum Gasteiger partial charge on any atom is -0.350 e. The summed E-state index contributed by atoms with van der Waals surface area (Å²) < 4.78 is 1.82. The van der Waals surface area contributed by atoms with E-state index < -0.39 is 0 Å². The molecule has 2 saturated heterocycles. The second-order valence-electron chi connectivity index (χ2n) is 11.0. The van der Waals surface area contributed by atoms with Crippen molar-refractivity contribution in [2.45, 2.75) is 63.1 Å². The number of hydrogen-bond acceptors (Lipinski definition) is 8. The first-order valence-corrected chi connectivity index (χ1v) is 14.1. The Balaban J connectivity index is 1.05. The van der Waals surface area contributed by atoms with Gasteiger partial charge < -0.3 is 15.5 Å². The van der Waals surface area contributed by atoms with Crippen LogP contribution in [-0.2, 0) is 11.3 Å². The molecule has 4 aromatic heterocycles. The number of likely N-dealkylation sites (tertiary alicyclic amines) is 1. The predicted molar refractivity (Wildman–Crippen MR) is 148 cm³/mol. The minimum atomic E-state index is -0.284. The number of H-pyrrole nitrogens is 1. The van der Waals surface area contributed by atoms with Gasteiger partial charge in [0.05, 0.1) is 0 Å². The summed E-state index contributed by atoms with van der Waals surface area (Å²) in [5, 5.41) is 19.1. The number of amides is 1. The molecule has 11 nitrogen and oxygen atoms in total. The monoisotopic (exact) mass is 526 g/mol. The van der Waals surface area contributed by atoms with Gasteiger partial charge in [-0.25, -0.2) is 4.52 Å². The van der Waals surface area contributed by atoms with Crippen molar-refractivity contribution >= 4 is 29.0 Å². The molecule has 6 heterocycles. The molecule has 1 saturated carbocycles. The fourth-order valence-electron chi connectivity index (χ4n) is 5.90. The zero-order valence-corrected chi connectivity index (χ0v) is 22.0. The SMILES string of the molecule is O=C(NC1CCCN(Cc2ccncc2)C1)[C@@H]1CCCN1c1nc(Nc2cc(C3CC3)[nH]n2)c2cccn2n1. The van der Waals surface area contributed by atoms with Crippen LogP contribution in [0.15, 0.2) is 48.9 Å². The Morgan fingerprint density at radius 2 is 1.95 bits per heavy atom. The van der Waals surface area contributed by atoms with Crippen LogP contribution in [0.5, 0.6) is 0 Å². The molecule has 3 N–H and O–H groups in total. The van der Waals surface area contributed by atoms with Crippen LogP contribution < -0.4 is 15.5 Å². The maximum Gasteiger partial charge on any atom is 0.246 e. The number of nitrogens with one attached hydrogen (secondary N) is 3. The van der Waals surface area contributed by atoms with Gasteiger partial charge in [-0.2, -0.15) is 10.1 Å². The average molecular weight is 527 g/mol. The highest BCUT2D eigenvalue weighted by Gasteiger charge is 2.35. The van der Waals surface area contributed by atoms with Crippen LogP contribution in [0, 0.1) is 0 Å². The van der Waals surface area contributed by atoms with Gasteiger partial charge in [0.15, 0.2) is 11.6 Å². The van der Waals surface area contributed by atoms with E-state index in [-0.39, 0.29) is 18.0 Å². The summed E-state index contributed by atoms with van der Waals surface area (Å²) in [5.74, 6) is 2.64. The largest absolute Gasteiger partial charge is 0.350 e. The van der Waals surface area contributed by atoms with E-state index in [0.29, 0.717) is 17.7 Å². The van der Waals surface area contributed by atoms with Gasteiger partial charge in [-0.15, -0.1) is 5.10 Å². The number of hydrogen-bond donors (Lipinski definition) is 3. The van der Waals surface area contributed by atoms with Crippen LogP contribution in [0.2, 0.25) is 0 Å². The standard InChI is InChI=1S/C28H34N10O/c39-27(30-21-4-1-13-36(18-21)17-19-9-11-29-12-10-19)24-6-2-14-37(24)28-32-26(23-5-3-15-38(23)35-28)31-25-16-22(33-34-25)20-7-8-20/h3,5,9-12,15-16,20-21,24H,1-2,4,6-8,13-14,17-18H2,(H,30,39)(H2,31,32,33,34,35)/t21?,24-/m0/s1. The summed E-state index contributed by atoms with van der Waals surface area (Å²) >= 11 is 0. The maximum absolute atomic E-state index is 13.6. The summed E-state index contributed by atoms with van der Waals surface area (Å²) in [4.78, 5) is 27.0. The van der Waals surface area contributed by atoms with E-state index in [4.69, 9.17) is 10.1 Å². The van der Waals surface area contributed by atoms with Gasteiger partial charge in [-0.3, -0.25) is 19.8 Å². The van der Waals surface area contributed by atoms with Crippen LogP contribution >= 0.6 is 0 Å². The van der Waals surface area contributed by atoms with Crippen LogP contribution in [0.3, 0.4) is 0 Å². The van der Waals surface area contributed by atoms with Crippen LogP contribution in [0.4, 0.5) is 17.6 Å².